The Hall–Kier alpha value is -3.17. The summed E-state index contributed by atoms with van der Waals surface area (Å²) in [5.74, 6) is -0.201. The Labute approximate surface area is 183 Å². The summed E-state index contributed by atoms with van der Waals surface area (Å²) in [7, 11) is 0. The van der Waals surface area contributed by atoms with Gasteiger partial charge in [-0.1, -0.05) is 36.4 Å². The Kier molecular flexibility index (Phi) is 5.44. The Morgan fingerprint density at radius 2 is 1.94 bits per heavy atom. The lowest BCUT2D eigenvalue weighted by Gasteiger charge is -2.26. The number of fused-ring (bicyclic) bond motifs is 1. The molecule has 1 fully saturated rings. The monoisotopic (exact) mass is 441 g/mol. The van der Waals surface area contributed by atoms with Gasteiger partial charge in [-0.05, 0) is 41.8 Å². The summed E-state index contributed by atoms with van der Waals surface area (Å²) < 4.78 is 41.4. The third-order valence-corrected chi connectivity index (χ3v) is 5.72. The van der Waals surface area contributed by atoms with E-state index in [1.807, 2.05) is 48.5 Å². The van der Waals surface area contributed by atoms with E-state index < -0.39 is 11.7 Å². The van der Waals surface area contributed by atoms with Crippen molar-refractivity contribution in [3.8, 4) is 0 Å². The molecule has 0 aliphatic carbocycles. The number of rotatable bonds is 4. The van der Waals surface area contributed by atoms with E-state index in [0.717, 1.165) is 37.0 Å². The summed E-state index contributed by atoms with van der Waals surface area (Å²) in [6.07, 6.45) is -2.34. The fourth-order valence-corrected chi connectivity index (χ4v) is 4.14. The van der Waals surface area contributed by atoms with Gasteiger partial charge in [0.15, 0.2) is 5.82 Å². The Balaban J connectivity index is 1.49. The average Bonchev–Trinajstić information content (AvgIpc) is 3.29. The van der Waals surface area contributed by atoms with E-state index in [4.69, 9.17) is 4.84 Å². The Bertz CT molecular complexity index is 1110. The van der Waals surface area contributed by atoms with Crippen LogP contribution in [-0.4, -0.2) is 23.1 Å². The van der Waals surface area contributed by atoms with E-state index in [1.165, 1.54) is 16.2 Å². The van der Waals surface area contributed by atoms with Gasteiger partial charge in [-0.15, -0.1) is 0 Å². The molecule has 1 saturated heterocycles. The quantitative estimate of drug-likeness (QED) is 0.608. The van der Waals surface area contributed by atoms with Gasteiger partial charge < -0.3 is 10.6 Å². The molecule has 0 saturated carbocycles. The highest BCUT2D eigenvalue weighted by molar-refractivity contribution is 5.59. The largest absolute Gasteiger partial charge is 0.421 e. The van der Waals surface area contributed by atoms with E-state index in [0.29, 0.717) is 13.0 Å². The molecule has 1 aromatic heterocycles. The van der Waals surface area contributed by atoms with Crippen LogP contribution in [-0.2, 0) is 24.0 Å². The van der Waals surface area contributed by atoms with Crippen LogP contribution in [0.1, 0.15) is 34.7 Å². The SMILES string of the molecule is FC(F)(F)c1cnc(Nc2ccc3c(c2)CCNC3)nc1N1OCCC1c1ccccc1. The molecule has 1 atom stereocenters. The van der Waals surface area contributed by atoms with E-state index in [2.05, 4.69) is 20.6 Å². The van der Waals surface area contributed by atoms with Gasteiger partial charge >= 0.3 is 6.18 Å². The van der Waals surface area contributed by atoms with Crippen molar-refractivity contribution in [2.24, 2.45) is 0 Å². The molecule has 166 valence electrons. The smallest absolute Gasteiger partial charge is 0.324 e. The second-order valence-corrected chi connectivity index (χ2v) is 7.84. The molecule has 32 heavy (non-hydrogen) atoms. The molecule has 3 aromatic rings. The highest BCUT2D eigenvalue weighted by Gasteiger charge is 2.40. The second-order valence-electron chi connectivity index (χ2n) is 7.84. The minimum Gasteiger partial charge on any atom is -0.324 e. The van der Waals surface area contributed by atoms with Gasteiger partial charge in [0.05, 0.1) is 12.6 Å². The molecule has 1 unspecified atom stereocenters. The van der Waals surface area contributed by atoms with Gasteiger partial charge in [-0.3, -0.25) is 4.84 Å². The maximum absolute atomic E-state index is 13.8. The molecule has 9 heteroatoms. The summed E-state index contributed by atoms with van der Waals surface area (Å²) in [4.78, 5) is 13.8. The van der Waals surface area contributed by atoms with Crippen LogP contribution in [0.4, 0.5) is 30.6 Å². The Morgan fingerprint density at radius 1 is 1.09 bits per heavy atom. The van der Waals surface area contributed by atoms with Crippen molar-refractivity contribution in [2.75, 3.05) is 23.5 Å². The first-order valence-electron chi connectivity index (χ1n) is 10.5. The number of hydrogen-bond donors (Lipinski definition) is 2. The van der Waals surface area contributed by atoms with Gasteiger partial charge in [0.1, 0.15) is 5.56 Å². The highest BCUT2D eigenvalue weighted by atomic mass is 19.4. The van der Waals surface area contributed by atoms with Crippen LogP contribution < -0.4 is 15.7 Å². The zero-order chi connectivity index (χ0) is 22.1. The van der Waals surface area contributed by atoms with Gasteiger partial charge in [0, 0.05) is 24.8 Å². The minimum absolute atomic E-state index is 0.0872. The van der Waals surface area contributed by atoms with Crippen LogP contribution in [0.15, 0.2) is 54.7 Å². The third kappa shape index (κ3) is 4.13. The first-order chi connectivity index (χ1) is 15.5. The molecular formula is C23H22F3N5O. The van der Waals surface area contributed by atoms with Crippen molar-refractivity contribution in [3.63, 3.8) is 0 Å². The first-order valence-corrected chi connectivity index (χ1v) is 10.5. The standard InChI is InChI=1S/C23H22F3N5O/c24-23(25,26)19-14-28-22(29-18-7-6-17-13-27-10-8-16(17)12-18)30-21(19)31-20(9-11-32-31)15-4-2-1-3-5-15/h1-7,12,14,20,27H,8-11,13H2,(H,28,29,30). The first kappa shape index (κ1) is 20.7. The number of aromatic nitrogens is 2. The number of anilines is 3. The fraction of sp³-hybridized carbons (Fsp3) is 0.304. The lowest BCUT2D eigenvalue weighted by Crippen LogP contribution is -2.26. The van der Waals surface area contributed by atoms with Crippen LogP contribution in [0.2, 0.25) is 0 Å². The Morgan fingerprint density at radius 3 is 2.75 bits per heavy atom. The normalized spacial score (nSPS) is 18.5. The molecular weight excluding hydrogens is 419 g/mol. The van der Waals surface area contributed by atoms with E-state index in [9.17, 15) is 13.2 Å². The molecule has 3 heterocycles. The third-order valence-electron chi connectivity index (χ3n) is 5.72. The van der Waals surface area contributed by atoms with E-state index >= 15 is 0 Å². The number of benzene rings is 2. The zero-order valence-electron chi connectivity index (χ0n) is 17.2. The maximum Gasteiger partial charge on any atom is 0.421 e. The van der Waals surface area contributed by atoms with Crippen LogP contribution in [0.5, 0.6) is 0 Å². The molecule has 0 amide bonds. The van der Waals surface area contributed by atoms with Gasteiger partial charge in [0.2, 0.25) is 5.95 Å². The van der Waals surface area contributed by atoms with Crippen molar-refractivity contribution >= 4 is 17.5 Å². The summed E-state index contributed by atoms with van der Waals surface area (Å²) in [5.41, 5.74) is 3.09. The van der Waals surface area contributed by atoms with Gasteiger partial charge in [0.25, 0.3) is 0 Å². The summed E-state index contributed by atoms with van der Waals surface area (Å²) in [6.45, 7) is 2.01. The molecule has 2 aliphatic heterocycles. The molecule has 0 radical (unpaired) electrons. The van der Waals surface area contributed by atoms with E-state index in [-0.39, 0.29) is 17.8 Å². The lowest BCUT2D eigenvalue weighted by molar-refractivity contribution is -0.138. The topological polar surface area (TPSA) is 62.3 Å². The summed E-state index contributed by atoms with van der Waals surface area (Å²) >= 11 is 0. The molecule has 2 aliphatic rings. The van der Waals surface area contributed by atoms with Crippen molar-refractivity contribution in [1.82, 2.24) is 15.3 Å². The fourth-order valence-electron chi connectivity index (χ4n) is 4.14. The zero-order valence-corrected chi connectivity index (χ0v) is 17.2. The van der Waals surface area contributed by atoms with Crippen molar-refractivity contribution in [3.05, 3.63) is 77.0 Å². The molecule has 0 spiro atoms. The highest BCUT2D eigenvalue weighted by Crippen LogP contribution is 2.41. The number of hydrogen-bond acceptors (Lipinski definition) is 6. The van der Waals surface area contributed by atoms with Crippen LogP contribution in [0, 0.1) is 0 Å². The summed E-state index contributed by atoms with van der Waals surface area (Å²) in [6, 6.07) is 14.8. The number of halogens is 3. The number of nitrogens with one attached hydrogen (secondary N) is 2. The molecule has 0 bridgehead atoms. The predicted octanol–water partition coefficient (Wildman–Crippen LogP) is 4.77. The van der Waals surface area contributed by atoms with Gasteiger partial charge in [-0.25, -0.2) is 10.0 Å². The molecule has 2 N–H and O–H groups in total. The van der Waals surface area contributed by atoms with Crippen LogP contribution in [0.3, 0.4) is 0 Å². The molecule has 6 nitrogen and oxygen atoms in total. The van der Waals surface area contributed by atoms with Gasteiger partial charge in [-0.2, -0.15) is 18.2 Å². The van der Waals surface area contributed by atoms with Crippen molar-refractivity contribution < 1.29 is 18.0 Å². The second kappa shape index (κ2) is 8.40. The number of hydroxylamine groups is 1. The molecule has 5 rings (SSSR count). The summed E-state index contributed by atoms with van der Waals surface area (Å²) in [5, 5.41) is 7.64. The molecule has 2 aromatic carbocycles. The predicted molar refractivity (Wildman–Crippen MR) is 114 cm³/mol. The van der Waals surface area contributed by atoms with Crippen molar-refractivity contribution in [1.29, 1.82) is 0 Å². The maximum atomic E-state index is 13.8. The number of nitrogens with zero attached hydrogens (tertiary/aromatic N) is 3. The van der Waals surface area contributed by atoms with Crippen LogP contribution >= 0.6 is 0 Å². The number of alkyl halides is 3. The lowest BCUT2D eigenvalue weighted by atomic mass is 10.0. The van der Waals surface area contributed by atoms with E-state index in [1.54, 1.807) is 0 Å². The van der Waals surface area contributed by atoms with Crippen molar-refractivity contribution in [2.45, 2.75) is 31.6 Å². The average molecular weight is 441 g/mol. The minimum atomic E-state index is -4.61. The van der Waals surface area contributed by atoms with Crippen LogP contribution in [0.25, 0.3) is 0 Å².